The molecule has 1 saturated carbocycles. The Morgan fingerprint density at radius 3 is 2.39 bits per heavy atom. The molecule has 2 amide bonds. The molecule has 3 aromatic carbocycles. The molecule has 6 heteroatoms. The maximum Gasteiger partial charge on any atom is 0.251 e. The Labute approximate surface area is 181 Å². The maximum absolute atomic E-state index is 13.2. The maximum atomic E-state index is 13.2. The van der Waals surface area contributed by atoms with E-state index in [1.807, 2.05) is 60.7 Å². The monoisotopic (exact) mass is 415 g/mol. The van der Waals surface area contributed by atoms with Crippen molar-refractivity contribution in [3.05, 3.63) is 90.0 Å². The van der Waals surface area contributed by atoms with E-state index < -0.39 is 6.04 Å². The fourth-order valence-corrected chi connectivity index (χ4v) is 3.27. The molecule has 0 aromatic heterocycles. The predicted octanol–water partition coefficient (Wildman–Crippen LogP) is 4.38. The molecule has 0 aliphatic heterocycles. The zero-order valence-corrected chi connectivity index (χ0v) is 17.3. The summed E-state index contributed by atoms with van der Waals surface area (Å²) < 4.78 is 5.24. The highest BCUT2D eigenvalue weighted by Crippen LogP contribution is 2.24. The van der Waals surface area contributed by atoms with Gasteiger partial charge in [0.1, 0.15) is 11.8 Å². The molecule has 0 saturated heterocycles. The summed E-state index contributed by atoms with van der Waals surface area (Å²) in [6.45, 7) is 0. The van der Waals surface area contributed by atoms with Gasteiger partial charge in [-0.15, -0.1) is 0 Å². The number of rotatable bonds is 8. The van der Waals surface area contributed by atoms with Crippen LogP contribution in [0.3, 0.4) is 0 Å². The van der Waals surface area contributed by atoms with Crippen LogP contribution in [0.2, 0.25) is 0 Å². The first-order chi connectivity index (χ1) is 15.1. The van der Waals surface area contributed by atoms with Crippen molar-refractivity contribution in [2.24, 2.45) is 0 Å². The second-order valence-electron chi connectivity index (χ2n) is 7.54. The lowest BCUT2D eigenvalue weighted by Gasteiger charge is -2.20. The largest absolute Gasteiger partial charge is 0.497 e. The summed E-state index contributed by atoms with van der Waals surface area (Å²) in [6.07, 6.45) is 2.06. The van der Waals surface area contributed by atoms with Crippen LogP contribution in [0.15, 0.2) is 78.9 Å². The molecule has 158 valence electrons. The van der Waals surface area contributed by atoms with Gasteiger partial charge in [0.05, 0.1) is 7.11 Å². The van der Waals surface area contributed by atoms with Gasteiger partial charge in [-0.1, -0.05) is 42.5 Å². The molecule has 3 N–H and O–H groups in total. The van der Waals surface area contributed by atoms with Crippen LogP contribution in [-0.4, -0.2) is 25.0 Å². The third-order valence-corrected chi connectivity index (χ3v) is 5.08. The van der Waals surface area contributed by atoms with Crippen LogP contribution in [0.25, 0.3) is 0 Å². The first-order valence-corrected chi connectivity index (χ1v) is 10.3. The van der Waals surface area contributed by atoms with Gasteiger partial charge in [0, 0.05) is 29.0 Å². The second kappa shape index (κ2) is 9.34. The summed E-state index contributed by atoms with van der Waals surface area (Å²) in [6, 6.07) is 23.5. The van der Waals surface area contributed by atoms with E-state index in [1.165, 1.54) is 0 Å². The first-order valence-electron chi connectivity index (χ1n) is 10.3. The van der Waals surface area contributed by atoms with Crippen molar-refractivity contribution >= 4 is 23.2 Å². The number of hydrogen-bond donors (Lipinski definition) is 3. The molecule has 0 bridgehead atoms. The lowest BCUT2D eigenvalue weighted by molar-refractivity contribution is -0.117. The summed E-state index contributed by atoms with van der Waals surface area (Å²) in [4.78, 5) is 25.6. The number of methoxy groups -OCH3 is 1. The van der Waals surface area contributed by atoms with Gasteiger partial charge in [0.15, 0.2) is 0 Å². The van der Waals surface area contributed by atoms with E-state index in [0.29, 0.717) is 22.7 Å². The normalized spacial score (nSPS) is 13.7. The Balaban J connectivity index is 1.55. The molecule has 0 spiro atoms. The fourth-order valence-electron chi connectivity index (χ4n) is 3.27. The minimum atomic E-state index is -0.644. The minimum absolute atomic E-state index is 0.0942. The van der Waals surface area contributed by atoms with E-state index >= 15 is 0 Å². The number of anilines is 2. The Hall–Kier alpha value is -3.80. The van der Waals surface area contributed by atoms with Crippen molar-refractivity contribution in [1.29, 1.82) is 0 Å². The van der Waals surface area contributed by atoms with Crippen LogP contribution >= 0.6 is 0 Å². The SMILES string of the molecule is COc1cccc(NC(=O)[C@H](Nc2cccc(C(=O)NC3CC3)c2)c2ccccc2)c1. The lowest BCUT2D eigenvalue weighted by atomic mass is 10.0. The molecule has 31 heavy (non-hydrogen) atoms. The number of ether oxygens (including phenoxy) is 1. The van der Waals surface area contributed by atoms with Gasteiger partial charge in [-0.2, -0.15) is 0 Å². The summed E-state index contributed by atoms with van der Waals surface area (Å²) >= 11 is 0. The smallest absolute Gasteiger partial charge is 0.251 e. The van der Waals surface area contributed by atoms with Crippen LogP contribution in [0.5, 0.6) is 5.75 Å². The summed E-state index contributed by atoms with van der Waals surface area (Å²) in [5.41, 5.74) is 2.72. The van der Waals surface area contributed by atoms with E-state index in [1.54, 1.807) is 25.3 Å². The van der Waals surface area contributed by atoms with Crippen LogP contribution in [0.1, 0.15) is 34.8 Å². The summed E-state index contributed by atoms with van der Waals surface area (Å²) in [5, 5.41) is 9.22. The molecular weight excluding hydrogens is 390 g/mol. The standard InChI is InChI=1S/C25H25N3O3/c1-31-22-12-6-11-21(16-22)28-25(30)23(17-7-3-2-4-8-17)26-20-10-5-9-18(15-20)24(29)27-19-13-14-19/h2-12,15-16,19,23,26H,13-14H2,1H3,(H,27,29)(H,28,30)/t23-/m1/s1. The molecule has 1 fully saturated rings. The predicted molar refractivity (Wildman–Crippen MR) is 121 cm³/mol. The van der Waals surface area contributed by atoms with Crippen molar-refractivity contribution in [2.75, 3.05) is 17.7 Å². The van der Waals surface area contributed by atoms with Crippen LogP contribution < -0.4 is 20.7 Å². The van der Waals surface area contributed by atoms with Gasteiger partial charge >= 0.3 is 0 Å². The number of benzene rings is 3. The number of carbonyl (C=O) groups excluding carboxylic acids is 2. The van der Waals surface area contributed by atoms with Crippen molar-refractivity contribution in [1.82, 2.24) is 5.32 Å². The molecule has 1 aliphatic carbocycles. The average molecular weight is 415 g/mol. The van der Waals surface area contributed by atoms with Crippen molar-refractivity contribution in [3.63, 3.8) is 0 Å². The van der Waals surface area contributed by atoms with Crippen LogP contribution in [0, 0.1) is 0 Å². The zero-order valence-electron chi connectivity index (χ0n) is 17.3. The number of carbonyl (C=O) groups is 2. The van der Waals surface area contributed by atoms with Crippen LogP contribution in [-0.2, 0) is 4.79 Å². The molecule has 1 atom stereocenters. The van der Waals surface area contributed by atoms with Crippen molar-refractivity contribution < 1.29 is 14.3 Å². The Morgan fingerprint density at radius 2 is 1.65 bits per heavy atom. The number of hydrogen-bond acceptors (Lipinski definition) is 4. The molecule has 6 nitrogen and oxygen atoms in total. The Bertz CT molecular complexity index is 1060. The quantitative estimate of drug-likeness (QED) is 0.510. The van der Waals surface area contributed by atoms with E-state index in [9.17, 15) is 9.59 Å². The van der Waals surface area contributed by atoms with E-state index in [4.69, 9.17) is 4.74 Å². The highest BCUT2D eigenvalue weighted by Gasteiger charge is 2.24. The highest BCUT2D eigenvalue weighted by molar-refractivity contribution is 5.98. The zero-order chi connectivity index (χ0) is 21.6. The van der Waals surface area contributed by atoms with Gasteiger partial charge < -0.3 is 20.7 Å². The third kappa shape index (κ3) is 5.42. The average Bonchev–Trinajstić information content (AvgIpc) is 3.62. The molecule has 4 rings (SSSR count). The van der Waals surface area contributed by atoms with E-state index in [0.717, 1.165) is 18.4 Å². The van der Waals surface area contributed by atoms with Gasteiger partial charge in [-0.05, 0) is 48.7 Å². The summed E-state index contributed by atoms with van der Waals surface area (Å²) in [7, 11) is 1.58. The number of nitrogens with one attached hydrogen (secondary N) is 3. The lowest BCUT2D eigenvalue weighted by Crippen LogP contribution is -2.28. The van der Waals surface area contributed by atoms with Crippen LogP contribution in [0.4, 0.5) is 11.4 Å². The molecule has 0 heterocycles. The molecule has 3 aromatic rings. The Kier molecular flexibility index (Phi) is 6.17. The minimum Gasteiger partial charge on any atom is -0.497 e. The molecule has 1 aliphatic rings. The van der Waals surface area contributed by atoms with Gasteiger partial charge in [0.25, 0.3) is 11.8 Å². The number of amides is 2. The van der Waals surface area contributed by atoms with Crippen molar-refractivity contribution in [3.8, 4) is 5.75 Å². The van der Waals surface area contributed by atoms with E-state index in [-0.39, 0.29) is 17.9 Å². The highest BCUT2D eigenvalue weighted by atomic mass is 16.5. The summed E-state index contributed by atoms with van der Waals surface area (Å²) in [5.74, 6) is 0.354. The van der Waals surface area contributed by atoms with Gasteiger partial charge in [-0.3, -0.25) is 9.59 Å². The Morgan fingerprint density at radius 1 is 0.903 bits per heavy atom. The first kappa shape index (κ1) is 20.5. The topological polar surface area (TPSA) is 79.5 Å². The van der Waals surface area contributed by atoms with Gasteiger partial charge in [-0.25, -0.2) is 0 Å². The second-order valence-corrected chi connectivity index (χ2v) is 7.54. The molecule has 0 radical (unpaired) electrons. The molecule has 0 unspecified atom stereocenters. The van der Waals surface area contributed by atoms with Crippen molar-refractivity contribution in [2.45, 2.75) is 24.9 Å². The molecular formula is C25H25N3O3. The van der Waals surface area contributed by atoms with Gasteiger partial charge in [0.2, 0.25) is 0 Å². The van der Waals surface area contributed by atoms with E-state index in [2.05, 4.69) is 16.0 Å². The fraction of sp³-hybridized carbons (Fsp3) is 0.200. The third-order valence-electron chi connectivity index (χ3n) is 5.08.